The fourth-order valence-corrected chi connectivity index (χ4v) is 3.30. The van der Waals surface area contributed by atoms with Gasteiger partial charge in [-0.2, -0.15) is 0 Å². The topological polar surface area (TPSA) is 87.2 Å². The Bertz CT molecular complexity index is 1280. The van der Waals surface area contributed by atoms with Crippen molar-refractivity contribution in [3.8, 4) is 22.6 Å². The molecule has 0 saturated heterocycles. The standard InChI is InChI=1S/C23H19N3O3/c1-2-29-18-9-4-7-16(13-18)15-6-3-8-17(12-15)26-14-20(22(24)28)21(27)19-10-5-11-25-23(19)26/h3-14H,2H2,1H3,(H2,24,28). The predicted molar refractivity (Wildman–Crippen MR) is 112 cm³/mol. The van der Waals surface area contributed by atoms with Crippen molar-refractivity contribution in [3.05, 3.63) is 88.8 Å². The zero-order valence-electron chi connectivity index (χ0n) is 15.8. The molecule has 6 heteroatoms. The van der Waals surface area contributed by atoms with Crippen LogP contribution in [0.1, 0.15) is 17.3 Å². The molecule has 0 atom stereocenters. The van der Waals surface area contributed by atoms with Crippen LogP contribution in [0.5, 0.6) is 5.75 Å². The fourth-order valence-electron chi connectivity index (χ4n) is 3.30. The highest BCUT2D eigenvalue weighted by atomic mass is 16.5. The maximum atomic E-state index is 12.6. The Morgan fingerprint density at radius 1 is 1.07 bits per heavy atom. The molecule has 0 spiro atoms. The monoisotopic (exact) mass is 385 g/mol. The van der Waals surface area contributed by atoms with E-state index in [9.17, 15) is 9.59 Å². The highest BCUT2D eigenvalue weighted by Crippen LogP contribution is 2.26. The van der Waals surface area contributed by atoms with Gasteiger partial charge in [-0.05, 0) is 54.4 Å². The number of carbonyl (C=O) groups excluding carboxylic acids is 1. The lowest BCUT2D eigenvalue weighted by atomic mass is 10.0. The average molecular weight is 385 g/mol. The smallest absolute Gasteiger partial charge is 0.254 e. The van der Waals surface area contributed by atoms with Crippen LogP contribution in [-0.4, -0.2) is 22.1 Å². The van der Waals surface area contributed by atoms with Crippen LogP contribution in [0.15, 0.2) is 77.9 Å². The van der Waals surface area contributed by atoms with Crippen LogP contribution >= 0.6 is 0 Å². The number of rotatable bonds is 5. The summed E-state index contributed by atoms with van der Waals surface area (Å²) in [6, 6.07) is 18.9. The Kier molecular flexibility index (Phi) is 4.83. The summed E-state index contributed by atoms with van der Waals surface area (Å²) in [5, 5.41) is 0.340. The molecule has 0 aliphatic carbocycles. The van der Waals surface area contributed by atoms with Crippen molar-refractivity contribution in [2.45, 2.75) is 6.92 Å². The number of carbonyl (C=O) groups is 1. The molecule has 0 unspecified atom stereocenters. The number of nitrogens with two attached hydrogens (primary N) is 1. The number of hydrogen-bond donors (Lipinski definition) is 1. The molecule has 4 rings (SSSR count). The van der Waals surface area contributed by atoms with E-state index in [4.69, 9.17) is 10.5 Å². The zero-order chi connectivity index (χ0) is 20.4. The molecule has 0 bridgehead atoms. The molecule has 1 amide bonds. The molecule has 0 aliphatic rings. The fraction of sp³-hybridized carbons (Fsp3) is 0.0870. The van der Waals surface area contributed by atoms with Crippen molar-refractivity contribution in [3.63, 3.8) is 0 Å². The first-order chi connectivity index (χ1) is 14.1. The van der Waals surface area contributed by atoms with Crippen molar-refractivity contribution in [2.75, 3.05) is 6.61 Å². The summed E-state index contributed by atoms with van der Waals surface area (Å²) >= 11 is 0. The van der Waals surface area contributed by atoms with Gasteiger partial charge in [0.1, 0.15) is 17.0 Å². The number of primary amides is 1. The molecule has 2 N–H and O–H groups in total. The summed E-state index contributed by atoms with van der Waals surface area (Å²) in [5.74, 6) is 0.0250. The second-order valence-corrected chi connectivity index (χ2v) is 6.49. The molecule has 0 saturated carbocycles. The number of fused-ring (bicyclic) bond motifs is 1. The number of ether oxygens (including phenoxy) is 1. The predicted octanol–water partition coefficient (Wildman–Crippen LogP) is 3.55. The minimum absolute atomic E-state index is 0.0748. The van der Waals surface area contributed by atoms with Crippen LogP contribution in [-0.2, 0) is 0 Å². The molecule has 0 fully saturated rings. The van der Waals surface area contributed by atoms with E-state index in [-0.39, 0.29) is 5.56 Å². The number of benzene rings is 2. The highest BCUT2D eigenvalue weighted by molar-refractivity contribution is 5.96. The first-order valence-corrected chi connectivity index (χ1v) is 9.22. The molecule has 2 aromatic heterocycles. The first kappa shape index (κ1) is 18.4. The Hall–Kier alpha value is -3.93. The van der Waals surface area contributed by atoms with Gasteiger partial charge in [-0.25, -0.2) is 4.98 Å². The van der Waals surface area contributed by atoms with Crippen LogP contribution in [0, 0.1) is 0 Å². The lowest BCUT2D eigenvalue weighted by Gasteiger charge is -2.13. The Labute approximate surface area is 167 Å². The summed E-state index contributed by atoms with van der Waals surface area (Å²) in [7, 11) is 0. The number of nitrogens with zero attached hydrogens (tertiary/aromatic N) is 2. The van der Waals surface area contributed by atoms with Crippen LogP contribution in [0.4, 0.5) is 0 Å². The third-order valence-electron chi connectivity index (χ3n) is 4.63. The Morgan fingerprint density at radius 3 is 2.59 bits per heavy atom. The number of amides is 1. The second-order valence-electron chi connectivity index (χ2n) is 6.49. The number of hydrogen-bond acceptors (Lipinski definition) is 4. The summed E-state index contributed by atoms with van der Waals surface area (Å²) in [6.45, 7) is 2.53. The number of aromatic nitrogens is 2. The lowest BCUT2D eigenvalue weighted by molar-refractivity contribution is 0.0999. The van der Waals surface area contributed by atoms with E-state index in [1.807, 2.05) is 55.5 Å². The van der Waals surface area contributed by atoms with Crippen LogP contribution in [0.3, 0.4) is 0 Å². The number of pyridine rings is 2. The van der Waals surface area contributed by atoms with E-state index in [1.165, 1.54) is 6.20 Å². The third kappa shape index (κ3) is 3.48. The van der Waals surface area contributed by atoms with Crippen molar-refractivity contribution in [1.82, 2.24) is 9.55 Å². The van der Waals surface area contributed by atoms with Gasteiger partial charge in [0.2, 0.25) is 5.43 Å². The van der Waals surface area contributed by atoms with E-state index in [0.717, 1.165) is 22.6 Å². The van der Waals surface area contributed by atoms with Gasteiger partial charge < -0.3 is 15.0 Å². The van der Waals surface area contributed by atoms with Gasteiger partial charge in [-0.3, -0.25) is 9.59 Å². The van der Waals surface area contributed by atoms with Crippen LogP contribution in [0.25, 0.3) is 27.8 Å². The van der Waals surface area contributed by atoms with Gasteiger partial charge in [0.15, 0.2) is 0 Å². The SMILES string of the molecule is CCOc1cccc(-c2cccc(-n3cc(C(N)=O)c(=O)c4cccnc43)c2)c1. The van der Waals surface area contributed by atoms with Crippen molar-refractivity contribution < 1.29 is 9.53 Å². The quantitative estimate of drug-likeness (QED) is 0.569. The molecule has 0 aliphatic heterocycles. The summed E-state index contributed by atoms with van der Waals surface area (Å²) in [5.41, 5.74) is 8.12. The van der Waals surface area contributed by atoms with Gasteiger partial charge in [-0.15, -0.1) is 0 Å². The molecule has 2 aromatic carbocycles. The zero-order valence-corrected chi connectivity index (χ0v) is 15.8. The molecular weight excluding hydrogens is 366 g/mol. The largest absolute Gasteiger partial charge is 0.494 e. The summed E-state index contributed by atoms with van der Waals surface area (Å²) < 4.78 is 7.31. The van der Waals surface area contributed by atoms with Crippen molar-refractivity contribution in [2.24, 2.45) is 5.73 Å². The lowest BCUT2D eigenvalue weighted by Crippen LogP contribution is -2.24. The first-order valence-electron chi connectivity index (χ1n) is 9.22. The minimum Gasteiger partial charge on any atom is -0.494 e. The molecule has 6 nitrogen and oxygen atoms in total. The third-order valence-corrected chi connectivity index (χ3v) is 4.63. The molecule has 0 radical (unpaired) electrons. The van der Waals surface area contributed by atoms with E-state index >= 15 is 0 Å². The van der Waals surface area contributed by atoms with E-state index in [2.05, 4.69) is 4.98 Å². The average Bonchev–Trinajstić information content (AvgIpc) is 2.74. The Balaban J connectivity index is 1.91. The molecular formula is C23H19N3O3. The normalized spacial score (nSPS) is 10.8. The van der Waals surface area contributed by atoms with Gasteiger partial charge >= 0.3 is 0 Å². The molecule has 4 aromatic rings. The molecule has 2 heterocycles. The summed E-state index contributed by atoms with van der Waals surface area (Å²) in [4.78, 5) is 28.7. The molecule has 144 valence electrons. The second kappa shape index (κ2) is 7.59. The minimum atomic E-state index is -0.768. The van der Waals surface area contributed by atoms with Gasteiger partial charge in [0.05, 0.1) is 12.0 Å². The van der Waals surface area contributed by atoms with Crippen LogP contribution in [0.2, 0.25) is 0 Å². The van der Waals surface area contributed by atoms with Gasteiger partial charge in [0.25, 0.3) is 5.91 Å². The van der Waals surface area contributed by atoms with E-state index < -0.39 is 11.3 Å². The highest BCUT2D eigenvalue weighted by Gasteiger charge is 2.15. The van der Waals surface area contributed by atoms with E-state index in [1.54, 1.807) is 22.9 Å². The summed E-state index contributed by atoms with van der Waals surface area (Å²) in [6.07, 6.45) is 3.06. The van der Waals surface area contributed by atoms with Crippen molar-refractivity contribution >= 4 is 16.9 Å². The maximum absolute atomic E-state index is 12.6. The van der Waals surface area contributed by atoms with Gasteiger partial charge in [0, 0.05) is 18.1 Å². The van der Waals surface area contributed by atoms with Crippen LogP contribution < -0.4 is 15.9 Å². The van der Waals surface area contributed by atoms with Crippen molar-refractivity contribution in [1.29, 1.82) is 0 Å². The van der Waals surface area contributed by atoms with Gasteiger partial charge in [-0.1, -0.05) is 24.3 Å². The maximum Gasteiger partial charge on any atom is 0.254 e. The Morgan fingerprint density at radius 2 is 1.83 bits per heavy atom. The van der Waals surface area contributed by atoms with E-state index in [0.29, 0.717) is 17.6 Å². The molecule has 29 heavy (non-hydrogen) atoms.